The van der Waals surface area contributed by atoms with Crippen molar-refractivity contribution in [3.63, 3.8) is 0 Å². The van der Waals surface area contributed by atoms with Gasteiger partial charge in [-0.05, 0) is 32.5 Å². The number of carbonyl (C=O) groups excluding carboxylic acids is 1. The molecule has 0 aliphatic carbocycles. The number of amides is 1. The number of aryl methyl sites for hydroxylation is 1. The highest BCUT2D eigenvalue weighted by molar-refractivity contribution is 5.90. The number of likely N-dealkylation sites (N-methyl/N-ethyl adjacent to an activating group) is 1. The Morgan fingerprint density at radius 1 is 1.47 bits per heavy atom. The Morgan fingerprint density at radius 2 is 2.21 bits per heavy atom. The van der Waals surface area contributed by atoms with Gasteiger partial charge in [-0.15, -0.1) is 5.10 Å². The Balaban J connectivity index is 1.85. The molecule has 2 heterocycles. The molecule has 0 unspecified atom stereocenters. The first kappa shape index (κ1) is 14.0. The zero-order valence-electron chi connectivity index (χ0n) is 11.5. The lowest BCUT2D eigenvalue weighted by Gasteiger charge is -2.33. The zero-order valence-corrected chi connectivity index (χ0v) is 11.5. The third-order valence-corrected chi connectivity index (χ3v) is 3.35. The molecule has 1 aromatic heterocycles. The van der Waals surface area contributed by atoms with Gasteiger partial charge in [0.1, 0.15) is 0 Å². The molecule has 1 fully saturated rings. The highest BCUT2D eigenvalue weighted by Crippen LogP contribution is 2.11. The van der Waals surface area contributed by atoms with Gasteiger partial charge in [-0.2, -0.15) is 0 Å². The Bertz CT molecular complexity index is 414. The molecule has 0 saturated carbocycles. The summed E-state index contributed by atoms with van der Waals surface area (Å²) in [5, 5.41) is 13.4. The number of nitrogens with one attached hydrogen (secondary N) is 2. The van der Waals surface area contributed by atoms with Gasteiger partial charge in [-0.1, -0.05) is 12.0 Å². The monoisotopic (exact) mass is 267 g/mol. The normalized spacial score (nSPS) is 16.8. The van der Waals surface area contributed by atoms with E-state index < -0.39 is 0 Å². The summed E-state index contributed by atoms with van der Waals surface area (Å²) in [5.41, 5.74) is 0. The van der Waals surface area contributed by atoms with Gasteiger partial charge in [-0.25, -0.2) is 0 Å². The van der Waals surface area contributed by atoms with E-state index in [1.807, 2.05) is 0 Å². The molecule has 19 heavy (non-hydrogen) atoms. The summed E-state index contributed by atoms with van der Waals surface area (Å²) < 4.78 is 5.13. The molecule has 0 spiro atoms. The third-order valence-electron chi connectivity index (χ3n) is 3.35. The van der Waals surface area contributed by atoms with E-state index in [2.05, 4.69) is 32.7 Å². The molecule has 0 radical (unpaired) electrons. The number of rotatable bonds is 5. The zero-order chi connectivity index (χ0) is 13.7. The van der Waals surface area contributed by atoms with Crippen LogP contribution in [0.3, 0.4) is 0 Å². The van der Waals surface area contributed by atoms with Crippen LogP contribution in [0.15, 0.2) is 4.42 Å². The molecule has 1 aliphatic rings. The van der Waals surface area contributed by atoms with Crippen molar-refractivity contribution in [1.29, 1.82) is 0 Å². The fourth-order valence-corrected chi connectivity index (χ4v) is 2.36. The average Bonchev–Trinajstić information content (AvgIpc) is 2.82. The van der Waals surface area contributed by atoms with Crippen LogP contribution in [0.25, 0.3) is 0 Å². The van der Waals surface area contributed by atoms with E-state index in [4.69, 9.17) is 4.42 Å². The van der Waals surface area contributed by atoms with E-state index in [1.165, 1.54) is 0 Å². The van der Waals surface area contributed by atoms with Crippen molar-refractivity contribution in [2.45, 2.75) is 32.7 Å². The van der Waals surface area contributed by atoms with Crippen molar-refractivity contribution >= 4 is 11.9 Å². The molecular weight excluding hydrogens is 246 g/mol. The molecular formula is C12H21N5O2. The van der Waals surface area contributed by atoms with Crippen LogP contribution < -0.4 is 10.6 Å². The maximum Gasteiger partial charge on any atom is 0.322 e. The first-order valence-corrected chi connectivity index (χ1v) is 6.73. The second kappa shape index (κ2) is 6.63. The van der Waals surface area contributed by atoms with Crippen molar-refractivity contribution in [2.24, 2.45) is 0 Å². The molecule has 0 atom stereocenters. The van der Waals surface area contributed by atoms with Crippen molar-refractivity contribution in [1.82, 2.24) is 20.4 Å². The number of piperidine rings is 1. The summed E-state index contributed by atoms with van der Waals surface area (Å²) in [4.78, 5) is 14.1. The molecule has 2 rings (SSSR count). The number of hydrogen-bond acceptors (Lipinski definition) is 6. The van der Waals surface area contributed by atoms with E-state index in [1.54, 1.807) is 6.92 Å². The van der Waals surface area contributed by atoms with Crippen molar-refractivity contribution < 1.29 is 9.21 Å². The molecule has 0 bridgehead atoms. The number of anilines is 1. The summed E-state index contributed by atoms with van der Waals surface area (Å²) in [5.74, 6) is 0.338. The lowest BCUT2D eigenvalue weighted by atomic mass is 10.0. The standard InChI is InChI=1S/C12H21N5O2/c1-3-17(10-4-6-13-7-5-10)8-11(18)14-12-16-15-9(2)19-12/h10,13H,3-8H2,1-2H3,(H,14,16,18). The Kier molecular flexibility index (Phi) is 4.86. The molecule has 1 saturated heterocycles. The number of nitrogens with zero attached hydrogens (tertiary/aromatic N) is 3. The van der Waals surface area contributed by atoms with Crippen molar-refractivity contribution in [3.05, 3.63) is 5.89 Å². The quantitative estimate of drug-likeness (QED) is 0.803. The summed E-state index contributed by atoms with van der Waals surface area (Å²) in [6.07, 6.45) is 2.17. The van der Waals surface area contributed by atoms with Gasteiger partial charge in [0, 0.05) is 13.0 Å². The van der Waals surface area contributed by atoms with Crippen LogP contribution in [0.2, 0.25) is 0 Å². The minimum absolute atomic E-state index is 0.107. The molecule has 106 valence electrons. The van der Waals surface area contributed by atoms with Crippen LogP contribution in [0.1, 0.15) is 25.7 Å². The first-order valence-electron chi connectivity index (χ1n) is 6.73. The predicted octanol–water partition coefficient (Wildman–Crippen LogP) is 0.390. The second-order valence-electron chi connectivity index (χ2n) is 4.72. The van der Waals surface area contributed by atoms with Gasteiger partial charge in [-0.3, -0.25) is 15.0 Å². The molecule has 1 amide bonds. The minimum Gasteiger partial charge on any atom is -0.408 e. The van der Waals surface area contributed by atoms with Crippen LogP contribution in [0.5, 0.6) is 0 Å². The number of aromatic nitrogens is 2. The van der Waals surface area contributed by atoms with Gasteiger partial charge in [0.15, 0.2) is 0 Å². The fourth-order valence-electron chi connectivity index (χ4n) is 2.36. The van der Waals surface area contributed by atoms with E-state index in [9.17, 15) is 4.79 Å². The van der Waals surface area contributed by atoms with Crippen LogP contribution in [-0.2, 0) is 4.79 Å². The predicted molar refractivity (Wildman–Crippen MR) is 70.8 cm³/mol. The maximum atomic E-state index is 11.9. The minimum atomic E-state index is -0.107. The highest BCUT2D eigenvalue weighted by Gasteiger charge is 2.22. The van der Waals surface area contributed by atoms with E-state index in [0.717, 1.165) is 32.5 Å². The van der Waals surface area contributed by atoms with Gasteiger partial charge in [0.25, 0.3) is 0 Å². The van der Waals surface area contributed by atoms with Crippen LogP contribution in [-0.4, -0.2) is 53.2 Å². The average molecular weight is 267 g/mol. The summed E-state index contributed by atoms with van der Waals surface area (Å²) in [6.45, 7) is 7.03. The fraction of sp³-hybridized carbons (Fsp3) is 0.750. The van der Waals surface area contributed by atoms with Crippen LogP contribution >= 0.6 is 0 Å². The third kappa shape index (κ3) is 4.00. The first-order chi connectivity index (χ1) is 9.19. The van der Waals surface area contributed by atoms with Gasteiger partial charge >= 0.3 is 6.01 Å². The molecule has 7 heteroatoms. The largest absolute Gasteiger partial charge is 0.408 e. The summed E-state index contributed by atoms with van der Waals surface area (Å²) >= 11 is 0. The highest BCUT2D eigenvalue weighted by atomic mass is 16.4. The lowest BCUT2D eigenvalue weighted by molar-refractivity contribution is -0.118. The van der Waals surface area contributed by atoms with Crippen molar-refractivity contribution in [2.75, 3.05) is 31.5 Å². The Hall–Kier alpha value is -1.47. The smallest absolute Gasteiger partial charge is 0.322 e. The van der Waals surface area contributed by atoms with Crippen LogP contribution in [0.4, 0.5) is 6.01 Å². The van der Waals surface area contributed by atoms with Crippen LogP contribution in [0, 0.1) is 6.92 Å². The van der Waals surface area contributed by atoms with Gasteiger partial charge in [0.2, 0.25) is 11.8 Å². The summed E-state index contributed by atoms with van der Waals surface area (Å²) in [6, 6.07) is 0.644. The van der Waals surface area contributed by atoms with Crippen molar-refractivity contribution in [3.8, 4) is 0 Å². The lowest BCUT2D eigenvalue weighted by Crippen LogP contribution is -2.46. The SMILES string of the molecule is CCN(CC(=O)Nc1nnc(C)o1)C1CCNCC1. The molecule has 1 aliphatic heterocycles. The maximum absolute atomic E-state index is 11.9. The Labute approximate surface area is 112 Å². The summed E-state index contributed by atoms with van der Waals surface area (Å²) in [7, 11) is 0. The number of hydrogen-bond donors (Lipinski definition) is 2. The van der Waals surface area contributed by atoms with E-state index in [0.29, 0.717) is 18.5 Å². The topological polar surface area (TPSA) is 83.3 Å². The molecule has 0 aromatic carbocycles. The van der Waals surface area contributed by atoms with Gasteiger partial charge in [0.05, 0.1) is 6.54 Å². The Morgan fingerprint density at radius 3 is 2.79 bits per heavy atom. The molecule has 1 aromatic rings. The van der Waals surface area contributed by atoms with Gasteiger partial charge < -0.3 is 9.73 Å². The molecule has 2 N–H and O–H groups in total. The van der Waals surface area contributed by atoms with E-state index >= 15 is 0 Å². The number of carbonyl (C=O) groups is 1. The molecule has 7 nitrogen and oxygen atoms in total. The second-order valence-corrected chi connectivity index (χ2v) is 4.72. The van der Waals surface area contributed by atoms with E-state index in [-0.39, 0.29) is 11.9 Å².